The van der Waals surface area contributed by atoms with Crippen LogP contribution in [0.3, 0.4) is 0 Å². The summed E-state index contributed by atoms with van der Waals surface area (Å²) in [5, 5.41) is 6.23. The average Bonchev–Trinajstić information content (AvgIpc) is 3.19. The summed E-state index contributed by atoms with van der Waals surface area (Å²) >= 11 is 0. The molecule has 0 radical (unpaired) electrons. The lowest BCUT2D eigenvalue weighted by Gasteiger charge is -2.06. The molecule has 1 fully saturated rings. The Morgan fingerprint density at radius 2 is 2.06 bits per heavy atom. The highest BCUT2D eigenvalue weighted by Crippen LogP contribution is 2.18. The topological polar surface area (TPSA) is 50.4 Å². The molecule has 1 aliphatic carbocycles. The maximum absolute atomic E-state index is 11.4. The maximum atomic E-state index is 11.4. The zero-order chi connectivity index (χ0) is 12.8. The van der Waals surface area contributed by atoms with Crippen molar-refractivity contribution in [3.63, 3.8) is 0 Å². The standard InChI is InChI=1S/C14H20N2O2/c1-18-13-6-2-11(3-7-13)10-15-9-8-14(17)16-12-4-5-12/h2-3,6-7,12,15H,4-5,8-10H2,1H3,(H,16,17). The molecule has 0 aromatic heterocycles. The fourth-order valence-corrected chi connectivity index (χ4v) is 1.71. The van der Waals surface area contributed by atoms with Gasteiger partial charge in [-0.15, -0.1) is 0 Å². The number of ether oxygens (including phenoxy) is 1. The largest absolute Gasteiger partial charge is 0.497 e. The van der Waals surface area contributed by atoms with Crippen molar-refractivity contribution in [3.05, 3.63) is 29.8 Å². The summed E-state index contributed by atoms with van der Waals surface area (Å²) in [6, 6.07) is 8.39. The van der Waals surface area contributed by atoms with Gasteiger partial charge in [0.2, 0.25) is 5.91 Å². The Labute approximate surface area is 108 Å². The van der Waals surface area contributed by atoms with Gasteiger partial charge in [-0.2, -0.15) is 0 Å². The lowest BCUT2D eigenvalue weighted by atomic mass is 10.2. The first-order valence-corrected chi connectivity index (χ1v) is 6.41. The van der Waals surface area contributed by atoms with E-state index in [1.165, 1.54) is 5.56 Å². The van der Waals surface area contributed by atoms with Gasteiger partial charge >= 0.3 is 0 Å². The van der Waals surface area contributed by atoms with Gasteiger partial charge in [-0.1, -0.05) is 12.1 Å². The minimum atomic E-state index is 0.153. The molecule has 0 bridgehead atoms. The van der Waals surface area contributed by atoms with Crippen LogP contribution in [0.25, 0.3) is 0 Å². The van der Waals surface area contributed by atoms with Crippen LogP contribution in [0.5, 0.6) is 5.75 Å². The molecular weight excluding hydrogens is 228 g/mol. The molecule has 0 aliphatic heterocycles. The predicted molar refractivity (Wildman–Crippen MR) is 70.5 cm³/mol. The van der Waals surface area contributed by atoms with Crippen molar-refractivity contribution in [2.24, 2.45) is 0 Å². The van der Waals surface area contributed by atoms with Crippen molar-refractivity contribution in [1.82, 2.24) is 10.6 Å². The summed E-state index contributed by atoms with van der Waals surface area (Å²) in [7, 11) is 1.66. The Morgan fingerprint density at radius 1 is 1.33 bits per heavy atom. The first kappa shape index (κ1) is 12.9. The van der Waals surface area contributed by atoms with Gasteiger partial charge in [-0.3, -0.25) is 4.79 Å². The van der Waals surface area contributed by atoms with Gasteiger partial charge in [0.05, 0.1) is 7.11 Å². The normalized spacial score (nSPS) is 14.3. The van der Waals surface area contributed by atoms with E-state index in [-0.39, 0.29) is 5.91 Å². The number of benzene rings is 1. The number of hydrogen-bond donors (Lipinski definition) is 2. The summed E-state index contributed by atoms with van der Waals surface area (Å²) in [5.41, 5.74) is 1.19. The van der Waals surface area contributed by atoms with E-state index >= 15 is 0 Å². The highest BCUT2D eigenvalue weighted by molar-refractivity contribution is 5.76. The van der Waals surface area contributed by atoms with Crippen molar-refractivity contribution < 1.29 is 9.53 Å². The fraction of sp³-hybridized carbons (Fsp3) is 0.500. The highest BCUT2D eigenvalue weighted by atomic mass is 16.5. The molecular formula is C14H20N2O2. The Balaban J connectivity index is 1.60. The minimum absolute atomic E-state index is 0.153. The summed E-state index contributed by atoms with van der Waals surface area (Å²) in [6.45, 7) is 1.49. The Morgan fingerprint density at radius 3 is 2.67 bits per heavy atom. The van der Waals surface area contributed by atoms with Crippen LogP contribution in [0.1, 0.15) is 24.8 Å². The number of carbonyl (C=O) groups is 1. The first-order chi connectivity index (χ1) is 8.78. The van der Waals surface area contributed by atoms with E-state index in [1.807, 2.05) is 24.3 Å². The Hall–Kier alpha value is -1.55. The zero-order valence-electron chi connectivity index (χ0n) is 10.7. The van der Waals surface area contributed by atoms with Gasteiger partial charge in [-0.25, -0.2) is 0 Å². The number of carbonyl (C=O) groups excluding carboxylic acids is 1. The van der Waals surface area contributed by atoms with Crippen LogP contribution in [0.2, 0.25) is 0 Å². The average molecular weight is 248 g/mol. The van der Waals surface area contributed by atoms with Gasteiger partial charge in [0.25, 0.3) is 0 Å². The van der Waals surface area contributed by atoms with Gasteiger partial charge in [0.1, 0.15) is 5.75 Å². The van der Waals surface area contributed by atoms with Crippen molar-refractivity contribution in [3.8, 4) is 5.75 Å². The van der Waals surface area contributed by atoms with Gasteiger partial charge in [0.15, 0.2) is 0 Å². The lowest BCUT2D eigenvalue weighted by molar-refractivity contribution is -0.121. The molecule has 0 atom stereocenters. The van der Waals surface area contributed by atoms with Crippen LogP contribution in [0.4, 0.5) is 0 Å². The third-order valence-electron chi connectivity index (χ3n) is 2.96. The second kappa shape index (κ2) is 6.40. The number of nitrogens with one attached hydrogen (secondary N) is 2. The van der Waals surface area contributed by atoms with Crippen LogP contribution in [-0.4, -0.2) is 25.6 Å². The number of hydrogen-bond acceptors (Lipinski definition) is 3. The summed E-state index contributed by atoms with van der Waals surface area (Å²) < 4.78 is 5.10. The third-order valence-corrected chi connectivity index (χ3v) is 2.96. The smallest absolute Gasteiger partial charge is 0.221 e. The van der Waals surface area contributed by atoms with E-state index in [1.54, 1.807) is 7.11 Å². The SMILES string of the molecule is COc1ccc(CNCCC(=O)NC2CC2)cc1. The van der Waals surface area contributed by atoms with Crippen molar-refractivity contribution >= 4 is 5.91 Å². The van der Waals surface area contributed by atoms with Crippen LogP contribution in [0, 0.1) is 0 Å². The number of rotatable bonds is 7. The second-order valence-electron chi connectivity index (χ2n) is 4.62. The minimum Gasteiger partial charge on any atom is -0.497 e. The molecule has 1 aromatic rings. The zero-order valence-corrected chi connectivity index (χ0v) is 10.7. The van der Waals surface area contributed by atoms with Gasteiger partial charge < -0.3 is 15.4 Å². The predicted octanol–water partition coefficient (Wildman–Crippen LogP) is 1.45. The number of amides is 1. The molecule has 1 aromatic carbocycles. The Bertz CT molecular complexity index is 385. The molecule has 4 heteroatoms. The van der Waals surface area contributed by atoms with E-state index in [0.717, 1.165) is 25.1 Å². The fourth-order valence-electron chi connectivity index (χ4n) is 1.71. The first-order valence-electron chi connectivity index (χ1n) is 6.41. The van der Waals surface area contributed by atoms with E-state index < -0.39 is 0 Å². The molecule has 1 aliphatic rings. The number of methoxy groups -OCH3 is 1. The van der Waals surface area contributed by atoms with Crippen molar-refractivity contribution in [2.45, 2.75) is 31.8 Å². The molecule has 1 amide bonds. The lowest BCUT2D eigenvalue weighted by Crippen LogP contribution is -2.28. The Kier molecular flexibility index (Phi) is 4.59. The second-order valence-corrected chi connectivity index (χ2v) is 4.62. The van der Waals surface area contributed by atoms with Crippen LogP contribution < -0.4 is 15.4 Å². The summed E-state index contributed by atoms with van der Waals surface area (Å²) in [4.78, 5) is 11.4. The molecule has 0 spiro atoms. The molecule has 0 heterocycles. The van der Waals surface area contributed by atoms with Gasteiger partial charge in [-0.05, 0) is 30.5 Å². The molecule has 18 heavy (non-hydrogen) atoms. The monoisotopic (exact) mass is 248 g/mol. The van der Waals surface area contributed by atoms with E-state index in [4.69, 9.17) is 4.74 Å². The molecule has 2 rings (SSSR count). The van der Waals surface area contributed by atoms with Crippen LogP contribution >= 0.6 is 0 Å². The van der Waals surface area contributed by atoms with Gasteiger partial charge in [0, 0.05) is 25.6 Å². The molecule has 4 nitrogen and oxygen atoms in total. The maximum Gasteiger partial charge on any atom is 0.221 e. The van der Waals surface area contributed by atoms with Crippen molar-refractivity contribution in [2.75, 3.05) is 13.7 Å². The van der Waals surface area contributed by atoms with E-state index in [9.17, 15) is 4.79 Å². The summed E-state index contributed by atoms with van der Waals surface area (Å²) in [5.74, 6) is 1.02. The van der Waals surface area contributed by atoms with E-state index in [0.29, 0.717) is 19.0 Å². The molecule has 0 saturated heterocycles. The molecule has 2 N–H and O–H groups in total. The highest BCUT2D eigenvalue weighted by Gasteiger charge is 2.22. The van der Waals surface area contributed by atoms with Crippen molar-refractivity contribution in [1.29, 1.82) is 0 Å². The summed E-state index contributed by atoms with van der Waals surface area (Å²) in [6.07, 6.45) is 2.84. The van der Waals surface area contributed by atoms with Crippen LogP contribution in [-0.2, 0) is 11.3 Å². The molecule has 0 unspecified atom stereocenters. The van der Waals surface area contributed by atoms with E-state index in [2.05, 4.69) is 10.6 Å². The third kappa shape index (κ3) is 4.37. The molecule has 98 valence electrons. The quantitative estimate of drug-likeness (QED) is 0.718. The molecule has 1 saturated carbocycles. The van der Waals surface area contributed by atoms with Crippen LogP contribution in [0.15, 0.2) is 24.3 Å².